The molecule has 0 aliphatic heterocycles. The van der Waals surface area contributed by atoms with E-state index in [1.807, 2.05) is 0 Å². The van der Waals surface area contributed by atoms with Gasteiger partial charge in [0.05, 0.1) is 0 Å². The number of allylic oxidation sites excluding steroid dienone is 2. The summed E-state index contributed by atoms with van der Waals surface area (Å²) in [5.41, 5.74) is 0. The van der Waals surface area contributed by atoms with Gasteiger partial charge in [0.15, 0.2) is 0 Å². The summed E-state index contributed by atoms with van der Waals surface area (Å²) in [4.78, 5) is 20.8. The second-order valence-corrected chi connectivity index (χ2v) is 4.01. The number of aliphatic carboxylic acids is 2. The molecule has 2 N–H and O–H groups in total. The molecule has 1 saturated carbocycles. The molecule has 0 saturated heterocycles. The van der Waals surface area contributed by atoms with E-state index in [2.05, 4.69) is 0 Å². The smallest absolute Gasteiger partial charge is 0.327 e. The van der Waals surface area contributed by atoms with Crippen molar-refractivity contribution >= 4 is 11.9 Å². The van der Waals surface area contributed by atoms with Gasteiger partial charge >= 0.3 is 11.9 Å². The van der Waals surface area contributed by atoms with E-state index in [4.69, 9.17) is 10.2 Å². The molecule has 4 nitrogen and oxygen atoms in total. The molecule has 4 heteroatoms. The second-order valence-electron chi connectivity index (χ2n) is 4.01. The van der Waals surface area contributed by atoms with E-state index in [0.29, 0.717) is 0 Å². The van der Waals surface area contributed by atoms with Gasteiger partial charge in [-0.25, -0.2) is 9.59 Å². The molecule has 0 aromatic heterocycles. The van der Waals surface area contributed by atoms with E-state index in [1.54, 1.807) is 12.2 Å². The first-order chi connectivity index (χ1) is 7.59. The Hall–Kier alpha value is -1.58. The number of hydrogen-bond donors (Lipinski definition) is 2. The summed E-state index contributed by atoms with van der Waals surface area (Å²) in [5.74, 6) is -1.60. The summed E-state index contributed by atoms with van der Waals surface area (Å²) in [7, 11) is 0. The van der Waals surface area contributed by atoms with Crippen molar-refractivity contribution in [2.24, 2.45) is 11.8 Å². The van der Waals surface area contributed by atoms with Crippen LogP contribution in [0.15, 0.2) is 24.3 Å². The highest BCUT2D eigenvalue weighted by molar-refractivity contribution is 5.80. The van der Waals surface area contributed by atoms with Gasteiger partial charge in [-0.05, 0) is 24.7 Å². The molecule has 0 aromatic carbocycles. The molecule has 1 rings (SSSR count). The third-order valence-electron chi connectivity index (χ3n) is 2.85. The van der Waals surface area contributed by atoms with Gasteiger partial charge in [-0.2, -0.15) is 0 Å². The first-order valence-electron chi connectivity index (χ1n) is 5.42. The van der Waals surface area contributed by atoms with Crippen LogP contribution in [0.25, 0.3) is 0 Å². The van der Waals surface area contributed by atoms with Crippen LogP contribution in [0.4, 0.5) is 0 Å². The molecule has 88 valence electrons. The molecule has 1 fully saturated rings. The van der Waals surface area contributed by atoms with Crippen molar-refractivity contribution in [2.45, 2.75) is 25.7 Å². The summed E-state index contributed by atoms with van der Waals surface area (Å²) in [6.45, 7) is 0. The number of carboxylic acids is 2. The molecule has 1 aliphatic carbocycles. The molecular formula is C12H16O4. The maximum Gasteiger partial charge on any atom is 0.327 e. The maximum atomic E-state index is 10.4. The van der Waals surface area contributed by atoms with Crippen molar-refractivity contribution in [3.8, 4) is 0 Å². The fourth-order valence-corrected chi connectivity index (χ4v) is 2.08. The zero-order chi connectivity index (χ0) is 12.0. The molecule has 2 unspecified atom stereocenters. The van der Waals surface area contributed by atoms with Crippen LogP contribution in [-0.4, -0.2) is 22.2 Å². The van der Waals surface area contributed by atoms with Crippen LogP contribution >= 0.6 is 0 Å². The Morgan fingerprint density at radius 2 is 1.25 bits per heavy atom. The van der Waals surface area contributed by atoms with E-state index < -0.39 is 11.9 Å². The van der Waals surface area contributed by atoms with Crippen molar-refractivity contribution in [3.05, 3.63) is 24.3 Å². The minimum Gasteiger partial charge on any atom is -0.478 e. The molecule has 0 aromatic rings. The lowest BCUT2D eigenvalue weighted by molar-refractivity contribution is -0.132. The molecule has 0 bridgehead atoms. The summed E-state index contributed by atoms with van der Waals surface area (Å²) in [6, 6.07) is 0. The number of carboxylic acid groups (broad SMARTS) is 2. The fraction of sp³-hybridized carbons (Fsp3) is 0.500. The van der Waals surface area contributed by atoms with E-state index in [-0.39, 0.29) is 11.8 Å². The van der Waals surface area contributed by atoms with E-state index in [9.17, 15) is 9.59 Å². The highest BCUT2D eigenvalue weighted by Crippen LogP contribution is 2.31. The Morgan fingerprint density at radius 1 is 0.875 bits per heavy atom. The molecule has 2 atom stereocenters. The van der Waals surface area contributed by atoms with Gasteiger partial charge in [0, 0.05) is 12.2 Å². The SMILES string of the molecule is O=C(O)C=CC1CCCCC1C=CC(=O)O. The maximum absolute atomic E-state index is 10.4. The van der Waals surface area contributed by atoms with Crippen LogP contribution in [0.2, 0.25) is 0 Å². The average molecular weight is 224 g/mol. The Morgan fingerprint density at radius 3 is 1.56 bits per heavy atom. The highest BCUT2D eigenvalue weighted by Gasteiger charge is 2.21. The zero-order valence-electron chi connectivity index (χ0n) is 9.00. The lowest BCUT2D eigenvalue weighted by Crippen LogP contribution is -2.16. The largest absolute Gasteiger partial charge is 0.478 e. The predicted molar refractivity (Wildman–Crippen MR) is 59.0 cm³/mol. The number of carbonyl (C=O) groups is 2. The third-order valence-corrected chi connectivity index (χ3v) is 2.85. The lowest BCUT2D eigenvalue weighted by Gasteiger charge is -2.26. The van der Waals surface area contributed by atoms with Gasteiger partial charge < -0.3 is 10.2 Å². The first kappa shape index (κ1) is 12.5. The Balaban J connectivity index is 2.63. The van der Waals surface area contributed by atoms with Crippen LogP contribution in [0, 0.1) is 11.8 Å². The summed E-state index contributed by atoms with van der Waals surface area (Å²) in [5, 5.41) is 17.1. The quantitative estimate of drug-likeness (QED) is 0.717. The van der Waals surface area contributed by atoms with Crippen LogP contribution in [0.5, 0.6) is 0 Å². The zero-order valence-corrected chi connectivity index (χ0v) is 9.00. The third kappa shape index (κ3) is 4.29. The number of rotatable bonds is 4. The molecule has 0 amide bonds. The second kappa shape index (κ2) is 6.10. The highest BCUT2D eigenvalue weighted by atomic mass is 16.4. The predicted octanol–water partition coefficient (Wildman–Crippen LogP) is 2.07. The van der Waals surface area contributed by atoms with Crippen molar-refractivity contribution in [3.63, 3.8) is 0 Å². The van der Waals surface area contributed by atoms with Crippen molar-refractivity contribution < 1.29 is 19.8 Å². The van der Waals surface area contributed by atoms with Crippen LogP contribution in [-0.2, 0) is 9.59 Å². The van der Waals surface area contributed by atoms with Gasteiger partial charge in [0.1, 0.15) is 0 Å². The van der Waals surface area contributed by atoms with E-state index >= 15 is 0 Å². The molecular weight excluding hydrogens is 208 g/mol. The summed E-state index contributed by atoms with van der Waals surface area (Å²) >= 11 is 0. The van der Waals surface area contributed by atoms with E-state index in [1.165, 1.54) is 0 Å². The van der Waals surface area contributed by atoms with Gasteiger partial charge in [-0.3, -0.25) is 0 Å². The normalized spacial score (nSPS) is 26.2. The van der Waals surface area contributed by atoms with Gasteiger partial charge in [-0.15, -0.1) is 0 Å². The molecule has 0 radical (unpaired) electrons. The van der Waals surface area contributed by atoms with E-state index in [0.717, 1.165) is 37.8 Å². The summed E-state index contributed by atoms with van der Waals surface area (Å²) < 4.78 is 0. The lowest BCUT2D eigenvalue weighted by atomic mass is 9.79. The van der Waals surface area contributed by atoms with Crippen LogP contribution in [0.1, 0.15) is 25.7 Å². The minimum atomic E-state index is -0.952. The Bertz CT molecular complexity index is 285. The van der Waals surface area contributed by atoms with Gasteiger partial charge in [0.2, 0.25) is 0 Å². The number of hydrogen-bond acceptors (Lipinski definition) is 2. The molecule has 0 spiro atoms. The average Bonchev–Trinajstić information content (AvgIpc) is 2.24. The molecule has 16 heavy (non-hydrogen) atoms. The monoisotopic (exact) mass is 224 g/mol. The minimum absolute atomic E-state index is 0.153. The molecule has 1 aliphatic rings. The van der Waals surface area contributed by atoms with Crippen LogP contribution in [0.3, 0.4) is 0 Å². The fourth-order valence-electron chi connectivity index (χ4n) is 2.08. The Kier molecular flexibility index (Phi) is 4.76. The van der Waals surface area contributed by atoms with Crippen molar-refractivity contribution in [2.75, 3.05) is 0 Å². The van der Waals surface area contributed by atoms with Gasteiger partial charge in [0.25, 0.3) is 0 Å². The van der Waals surface area contributed by atoms with Crippen molar-refractivity contribution in [1.82, 2.24) is 0 Å². The molecule has 0 heterocycles. The standard InChI is InChI=1S/C12H16O4/c13-11(14)7-5-9-3-1-2-4-10(9)6-8-12(15)16/h5-10H,1-4H2,(H,13,14)(H,15,16). The van der Waals surface area contributed by atoms with Crippen molar-refractivity contribution in [1.29, 1.82) is 0 Å². The Labute approximate surface area is 94.3 Å². The topological polar surface area (TPSA) is 74.6 Å². The van der Waals surface area contributed by atoms with Gasteiger partial charge in [-0.1, -0.05) is 25.0 Å². The summed E-state index contributed by atoms with van der Waals surface area (Å²) in [6.07, 6.45) is 9.67. The van der Waals surface area contributed by atoms with Crippen LogP contribution < -0.4 is 0 Å². The first-order valence-corrected chi connectivity index (χ1v) is 5.42.